The lowest BCUT2D eigenvalue weighted by molar-refractivity contribution is -0.111. The second-order valence-electron chi connectivity index (χ2n) is 3.78. The molecule has 0 saturated heterocycles. The van der Waals surface area contributed by atoms with Crippen LogP contribution < -0.4 is 5.32 Å². The molecule has 5 heteroatoms. The summed E-state index contributed by atoms with van der Waals surface area (Å²) in [5, 5.41) is 6.82. The van der Waals surface area contributed by atoms with Gasteiger partial charge in [-0.05, 0) is 46.9 Å². The highest BCUT2D eigenvalue weighted by Gasteiger charge is 1.98. The van der Waals surface area contributed by atoms with Crippen molar-refractivity contribution in [2.75, 3.05) is 5.32 Å². The number of rotatable bonds is 3. The van der Waals surface area contributed by atoms with Crippen molar-refractivity contribution in [3.05, 3.63) is 51.9 Å². The number of amides is 1. The highest BCUT2D eigenvalue weighted by atomic mass is 127. The molecule has 0 bridgehead atoms. The molecule has 1 aromatic carbocycles. The van der Waals surface area contributed by atoms with E-state index in [-0.39, 0.29) is 5.91 Å². The molecule has 2 aromatic rings. The van der Waals surface area contributed by atoms with E-state index in [0.29, 0.717) is 0 Å². The molecule has 1 aromatic heterocycles. The van der Waals surface area contributed by atoms with Gasteiger partial charge >= 0.3 is 0 Å². The van der Waals surface area contributed by atoms with Gasteiger partial charge in [0.15, 0.2) is 0 Å². The number of hydrogen-bond acceptors (Lipinski definition) is 2. The SMILES string of the molecule is Cn1cc(/C=C/C(=O)Nc2cccc(I)c2)cn1. The lowest BCUT2D eigenvalue weighted by Crippen LogP contribution is -2.07. The van der Waals surface area contributed by atoms with E-state index in [1.54, 1.807) is 17.0 Å². The van der Waals surface area contributed by atoms with Gasteiger partial charge in [0.1, 0.15) is 0 Å². The molecular weight excluding hydrogens is 341 g/mol. The third-order valence-corrected chi connectivity index (χ3v) is 2.92. The number of nitrogens with zero attached hydrogens (tertiary/aromatic N) is 2. The Hall–Kier alpha value is -1.63. The van der Waals surface area contributed by atoms with Crippen LogP contribution in [0.15, 0.2) is 42.7 Å². The zero-order chi connectivity index (χ0) is 13.0. The van der Waals surface area contributed by atoms with E-state index in [4.69, 9.17) is 0 Å². The number of carbonyl (C=O) groups excluding carboxylic acids is 1. The van der Waals surface area contributed by atoms with E-state index in [2.05, 4.69) is 33.0 Å². The molecule has 0 aliphatic carbocycles. The minimum Gasteiger partial charge on any atom is -0.322 e. The van der Waals surface area contributed by atoms with Crippen LogP contribution in [0.5, 0.6) is 0 Å². The molecular formula is C13H12IN3O. The van der Waals surface area contributed by atoms with Crippen LogP contribution in [0.4, 0.5) is 5.69 Å². The fraction of sp³-hybridized carbons (Fsp3) is 0.0769. The molecule has 0 unspecified atom stereocenters. The Morgan fingerprint density at radius 3 is 3.00 bits per heavy atom. The van der Waals surface area contributed by atoms with Crippen LogP contribution in [0.2, 0.25) is 0 Å². The standard InChI is InChI=1S/C13H12IN3O/c1-17-9-10(8-15-17)5-6-13(18)16-12-4-2-3-11(14)7-12/h2-9H,1H3,(H,16,18)/b6-5+. The van der Waals surface area contributed by atoms with Gasteiger partial charge in [-0.2, -0.15) is 5.10 Å². The minimum absolute atomic E-state index is 0.152. The predicted octanol–water partition coefficient (Wildman–Crippen LogP) is 2.68. The van der Waals surface area contributed by atoms with E-state index < -0.39 is 0 Å². The largest absolute Gasteiger partial charge is 0.322 e. The average molecular weight is 353 g/mol. The van der Waals surface area contributed by atoms with E-state index in [1.165, 1.54) is 6.08 Å². The summed E-state index contributed by atoms with van der Waals surface area (Å²) in [4.78, 5) is 11.7. The summed E-state index contributed by atoms with van der Waals surface area (Å²) in [5.41, 5.74) is 1.69. The number of aryl methyl sites for hydroxylation is 1. The van der Waals surface area contributed by atoms with Gasteiger partial charge in [0.05, 0.1) is 6.20 Å². The Morgan fingerprint density at radius 1 is 1.50 bits per heavy atom. The molecule has 1 heterocycles. The maximum absolute atomic E-state index is 11.7. The van der Waals surface area contributed by atoms with Crippen molar-refractivity contribution in [2.24, 2.45) is 7.05 Å². The van der Waals surface area contributed by atoms with Crippen molar-refractivity contribution in [2.45, 2.75) is 0 Å². The third kappa shape index (κ3) is 3.69. The Balaban J connectivity index is 1.98. The number of anilines is 1. The average Bonchev–Trinajstić information content (AvgIpc) is 2.73. The third-order valence-electron chi connectivity index (χ3n) is 2.24. The first-order valence-corrected chi connectivity index (χ1v) is 6.44. The Labute approximate surface area is 119 Å². The van der Waals surface area contributed by atoms with Crippen LogP contribution in [-0.4, -0.2) is 15.7 Å². The van der Waals surface area contributed by atoms with Gasteiger partial charge in [0, 0.05) is 34.1 Å². The van der Waals surface area contributed by atoms with Gasteiger partial charge in [-0.3, -0.25) is 9.48 Å². The van der Waals surface area contributed by atoms with Crippen molar-refractivity contribution in [3.8, 4) is 0 Å². The zero-order valence-electron chi connectivity index (χ0n) is 9.80. The highest BCUT2D eigenvalue weighted by molar-refractivity contribution is 14.1. The van der Waals surface area contributed by atoms with Gasteiger partial charge in [-0.1, -0.05) is 6.07 Å². The summed E-state index contributed by atoms with van der Waals surface area (Å²) in [6.45, 7) is 0. The smallest absolute Gasteiger partial charge is 0.248 e. The first kappa shape index (κ1) is 12.8. The molecule has 0 saturated carbocycles. The number of carbonyl (C=O) groups is 1. The van der Waals surface area contributed by atoms with Crippen LogP contribution in [-0.2, 0) is 11.8 Å². The van der Waals surface area contributed by atoms with Gasteiger partial charge < -0.3 is 5.32 Å². The summed E-state index contributed by atoms with van der Waals surface area (Å²) in [6, 6.07) is 7.65. The Morgan fingerprint density at radius 2 is 2.33 bits per heavy atom. The second kappa shape index (κ2) is 5.81. The van der Waals surface area contributed by atoms with Crippen molar-refractivity contribution >= 4 is 40.3 Å². The number of hydrogen-bond donors (Lipinski definition) is 1. The van der Waals surface area contributed by atoms with Gasteiger partial charge in [-0.15, -0.1) is 0 Å². The van der Waals surface area contributed by atoms with Gasteiger partial charge in [0.25, 0.3) is 0 Å². The minimum atomic E-state index is -0.152. The molecule has 2 rings (SSSR count). The molecule has 0 aliphatic rings. The van der Waals surface area contributed by atoms with E-state index in [1.807, 2.05) is 37.5 Å². The topological polar surface area (TPSA) is 46.9 Å². The lowest BCUT2D eigenvalue weighted by Gasteiger charge is -2.01. The fourth-order valence-corrected chi connectivity index (χ4v) is 1.99. The van der Waals surface area contributed by atoms with Crippen molar-refractivity contribution in [3.63, 3.8) is 0 Å². The molecule has 92 valence electrons. The highest BCUT2D eigenvalue weighted by Crippen LogP contribution is 2.12. The maximum Gasteiger partial charge on any atom is 0.248 e. The molecule has 0 spiro atoms. The molecule has 0 radical (unpaired) electrons. The van der Waals surface area contributed by atoms with Crippen molar-refractivity contribution < 1.29 is 4.79 Å². The molecule has 1 N–H and O–H groups in total. The molecule has 0 atom stereocenters. The van der Waals surface area contributed by atoms with Crippen LogP contribution in [0, 0.1) is 3.57 Å². The summed E-state index contributed by atoms with van der Waals surface area (Å²) >= 11 is 2.21. The number of halogens is 1. The normalized spacial score (nSPS) is 10.8. The summed E-state index contributed by atoms with van der Waals surface area (Å²) in [6.07, 6.45) is 6.78. The number of nitrogens with one attached hydrogen (secondary N) is 1. The molecule has 18 heavy (non-hydrogen) atoms. The maximum atomic E-state index is 11.7. The Bertz CT molecular complexity index is 589. The van der Waals surface area contributed by atoms with Crippen LogP contribution in [0.1, 0.15) is 5.56 Å². The van der Waals surface area contributed by atoms with Crippen LogP contribution in [0.3, 0.4) is 0 Å². The molecule has 1 amide bonds. The first-order chi connectivity index (χ1) is 8.63. The number of aromatic nitrogens is 2. The summed E-state index contributed by atoms with van der Waals surface area (Å²) < 4.78 is 2.78. The van der Waals surface area contributed by atoms with Crippen LogP contribution in [0.25, 0.3) is 6.08 Å². The molecule has 4 nitrogen and oxygen atoms in total. The van der Waals surface area contributed by atoms with Gasteiger partial charge in [0.2, 0.25) is 5.91 Å². The quantitative estimate of drug-likeness (QED) is 0.681. The zero-order valence-corrected chi connectivity index (χ0v) is 12.0. The van der Waals surface area contributed by atoms with E-state index >= 15 is 0 Å². The predicted molar refractivity (Wildman–Crippen MR) is 80.0 cm³/mol. The van der Waals surface area contributed by atoms with E-state index in [9.17, 15) is 4.79 Å². The molecule has 0 fully saturated rings. The monoisotopic (exact) mass is 353 g/mol. The summed E-state index contributed by atoms with van der Waals surface area (Å²) in [5.74, 6) is -0.152. The van der Waals surface area contributed by atoms with Crippen molar-refractivity contribution in [1.29, 1.82) is 0 Å². The Kier molecular flexibility index (Phi) is 4.14. The summed E-state index contributed by atoms with van der Waals surface area (Å²) in [7, 11) is 1.84. The van der Waals surface area contributed by atoms with Gasteiger partial charge in [-0.25, -0.2) is 0 Å². The van der Waals surface area contributed by atoms with E-state index in [0.717, 1.165) is 14.8 Å². The number of benzene rings is 1. The first-order valence-electron chi connectivity index (χ1n) is 5.37. The van der Waals surface area contributed by atoms with Crippen molar-refractivity contribution in [1.82, 2.24) is 9.78 Å². The molecule has 0 aliphatic heterocycles. The second-order valence-corrected chi connectivity index (χ2v) is 5.03. The lowest BCUT2D eigenvalue weighted by atomic mass is 10.3. The van der Waals surface area contributed by atoms with Crippen LogP contribution >= 0.6 is 22.6 Å². The fourth-order valence-electron chi connectivity index (χ4n) is 1.45.